The number of oxazole rings is 1. The van der Waals surface area contributed by atoms with Gasteiger partial charge in [-0.05, 0) is 19.1 Å². The third-order valence-electron chi connectivity index (χ3n) is 2.76. The van der Waals surface area contributed by atoms with Gasteiger partial charge in [0.2, 0.25) is 0 Å². The van der Waals surface area contributed by atoms with E-state index in [-0.39, 0.29) is 11.4 Å². The van der Waals surface area contributed by atoms with Crippen LogP contribution in [0.1, 0.15) is 6.92 Å². The molecule has 2 heterocycles. The first-order chi connectivity index (χ1) is 7.57. The maximum atomic E-state index is 13.1. The maximum absolute atomic E-state index is 13.1. The number of hydrogen-bond acceptors (Lipinski definition) is 3. The molecule has 5 heteroatoms. The van der Waals surface area contributed by atoms with Gasteiger partial charge in [-0.1, -0.05) is 0 Å². The van der Waals surface area contributed by atoms with Gasteiger partial charge >= 0.3 is 5.76 Å². The second-order valence-corrected chi connectivity index (χ2v) is 4.30. The summed E-state index contributed by atoms with van der Waals surface area (Å²) in [6.45, 7) is 2.90. The fourth-order valence-electron chi connectivity index (χ4n) is 1.73. The van der Waals surface area contributed by atoms with Gasteiger partial charge in [-0.15, -0.1) is 0 Å². The zero-order valence-electron chi connectivity index (χ0n) is 8.70. The van der Waals surface area contributed by atoms with Crippen molar-refractivity contribution in [1.29, 1.82) is 0 Å². The number of fused-ring (bicyclic) bond motifs is 1. The summed E-state index contributed by atoms with van der Waals surface area (Å²) in [5, 5.41) is 0. The lowest BCUT2D eigenvalue weighted by atomic mass is 10.2. The summed E-state index contributed by atoms with van der Waals surface area (Å²) in [7, 11) is 0. The largest absolute Gasteiger partial charge is 0.420 e. The molecular weight excluding hydrogens is 213 g/mol. The zero-order valence-corrected chi connectivity index (χ0v) is 8.70. The van der Waals surface area contributed by atoms with Gasteiger partial charge in [0, 0.05) is 6.07 Å². The van der Waals surface area contributed by atoms with Gasteiger partial charge in [0.1, 0.15) is 11.4 Å². The van der Waals surface area contributed by atoms with E-state index in [0.29, 0.717) is 24.3 Å². The maximum Gasteiger partial charge on any atom is 0.420 e. The van der Waals surface area contributed by atoms with E-state index >= 15 is 0 Å². The lowest BCUT2D eigenvalue weighted by Gasteiger charge is -2.05. The van der Waals surface area contributed by atoms with Crippen molar-refractivity contribution >= 4 is 11.1 Å². The first kappa shape index (κ1) is 9.59. The van der Waals surface area contributed by atoms with Crippen LogP contribution in [0.25, 0.3) is 11.1 Å². The minimum absolute atomic E-state index is 0.313. The van der Waals surface area contributed by atoms with Crippen LogP contribution in [0.15, 0.2) is 27.4 Å². The lowest BCUT2D eigenvalue weighted by Crippen LogP contribution is -2.23. The third-order valence-corrected chi connectivity index (χ3v) is 2.76. The summed E-state index contributed by atoms with van der Waals surface area (Å²) in [5.74, 6) is -0.860. The molecule has 16 heavy (non-hydrogen) atoms. The molecule has 0 N–H and O–H groups in total. The van der Waals surface area contributed by atoms with E-state index in [2.05, 4.69) is 0 Å². The smallest absolute Gasteiger partial charge is 0.408 e. The SMILES string of the molecule is CC1(Cn2c(=O)oc3ccc(F)cc32)CO1. The van der Waals surface area contributed by atoms with Crippen LogP contribution in [-0.2, 0) is 11.3 Å². The Labute approximate surface area is 90.2 Å². The normalized spacial score (nSPS) is 23.9. The van der Waals surface area contributed by atoms with E-state index in [1.54, 1.807) is 0 Å². The number of epoxide rings is 1. The Morgan fingerprint density at radius 2 is 2.31 bits per heavy atom. The van der Waals surface area contributed by atoms with E-state index < -0.39 is 5.76 Å². The van der Waals surface area contributed by atoms with Crippen molar-refractivity contribution < 1.29 is 13.5 Å². The number of hydrogen-bond donors (Lipinski definition) is 0. The third kappa shape index (κ3) is 1.44. The first-order valence-corrected chi connectivity index (χ1v) is 5.00. The second kappa shape index (κ2) is 2.95. The number of rotatable bonds is 2. The Kier molecular flexibility index (Phi) is 1.77. The Hall–Kier alpha value is -1.62. The molecule has 2 aromatic rings. The van der Waals surface area contributed by atoms with Gasteiger partial charge in [0.05, 0.1) is 18.7 Å². The molecule has 0 amide bonds. The molecule has 1 unspecified atom stereocenters. The number of aromatic nitrogens is 1. The van der Waals surface area contributed by atoms with Gasteiger partial charge in [-0.25, -0.2) is 9.18 Å². The highest BCUT2D eigenvalue weighted by molar-refractivity contribution is 5.72. The summed E-state index contributed by atoms with van der Waals surface area (Å²) in [4.78, 5) is 11.6. The molecule has 1 aromatic heterocycles. The number of nitrogens with zero attached hydrogens (tertiary/aromatic N) is 1. The molecule has 0 radical (unpaired) electrons. The van der Waals surface area contributed by atoms with Crippen molar-refractivity contribution in [3.05, 3.63) is 34.6 Å². The number of halogens is 1. The van der Waals surface area contributed by atoms with Crippen LogP contribution in [0.5, 0.6) is 0 Å². The van der Waals surface area contributed by atoms with Crippen molar-refractivity contribution in [2.75, 3.05) is 6.61 Å². The molecule has 1 atom stereocenters. The Morgan fingerprint density at radius 1 is 1.56 bits per heavy atom. The molecule has 3 rings (SSSR count). The van der Waals surface area contributed by atoms with Crippen molar-refractivity contribution in [1.82, 2.24) is 4.57 Å². The average Bonchev–Trinajstić information content (AvgIpc) is 2.88. The molecule has 1 saturated heterocycles. The van der Waals surface area contributed by atoms with Crippen molar-refractivity contribution in [2.24, 2.45) is 0 Å². The predicted molar refractivity (Wildman–Crippen MR) is 54.8 cm³/mol. The molecule has 1 aromatic carbocycles. The summed E-state index contributed by atoms with van der Waals surface area (Å²) in [5.41, 5.74) is 0.560. The van der Waals surface area contributed by atoms with Gasteiger partial charge in [-0.2, -0.15) is 0 Å². The topological polar surface area (TPSA) is 47.7 Å². The number of benzene rings is 1. The molecule has 0 bridgehead atoms. The van der Waals surface area contributed by atoms with Crippen molar-refractivity contribution in [2.45, 2.75) is 19.1 Å². The summed E-state index contributed by atoms with van der Waals surface area (Å²) < 4.78 is 24.7. The lowest BCUT2D eigenvalue weighted by molar-refractivity contribution is 0.289. The zero-order chi connectivity index (χ0) is 11.3. The predicted octanol–water partition coefficient (Wildman–Crippen LogP) is 1.52. The first-order valence-electron chi connectivity index (χ1n) is 5.00. The highest BCUT2D eigenvalue weighted by atomic mass is 19.1. The minimum Gasteiger partial charge on any atom is -0.408 e. The quantitative estimate of drug-likeness (QED) is 0.725. The minimum atomic E-state index is -0.475. The van der Waals surface area contributed by atoms with Crippen LogP contribution in [0, 0.1) is 5.82 Å². The van der Waals surface area contributed by atoms with Gasteiger partial charge < -0.3 is 9.15 Å². The summed E-state index contributed by atoms with van der Waals surface area (Å²) >= 11 is 0. The van der Waals surface area contributed by atoms with Gasteiger partial charge in [-0.3, -0.25) is 4.57 Å². The van der Waals surface area contributed by atoms with Crippen LogP contribution >= 0.6 is 0 Å². The summed E-state index contributed by atoms with van der Waals surface area (Å²) in [6.07, 6.45) is 0. The highest BCUT2D eigenvalue weighted by Crippen LogP contribution is 2.28. The fraction of sp³-hybridized carbons (Fsp3) is 0.364. The van der Waals surface area contributed by atoms with Crippen LogP contribution in [0.2, 0.25) is 0 Å². The fourth-order valence-corrected chi connectivity index (χ4v) is 1.73. The van der Waals surface area contributed by atoms with E-state index in [4.69, 9.17) is 9.15 Å². The van der Waals surface area contributed by atoms with Crippen LogP contribution in [0.4, 0.5) is 4.39 Å². The van der Waals surface area contributed by atoms with Crippen LogP contribution < -0.4 is 5.76 Å². The molecule has 1 aliphatic heterocycles. The number of ether oxygens (including phenoxy) is 1. The van der Waals surface area contributed by atoms with Crippen molar-refractivity contribution in [3.8, 4) is 0 Å². The van der Waals surface area contributed by atoms with E-state index in [1.807, 2.05) is 6.92 Å². The molecule has 84 valence electrons. The van der Waals surface area contributed by atoms with Crippen molar-refractivity contribution in [3.63, 3.8) is 0 Å². The van der Waals surface area contributed by atoms with Crippen LogP contribution in [-0.4, -0.2) is 16.8 Å². The molecule has 0 aliphatic carbocycles. The Bertz CT molecular complexity index is 609. The van der Waals surface area contributed by atoms with E-state index in [9.17, 15) is 9.18 Å². The van der Waals surface area contributed by atoms with Gasteiger partial charge in [0.25, 0.3) is 0 Å². The molecule has 1 aliphatic rings. The van der Waals surface area contributed by atoms with Crippen LogP contribution in [0.3, 0.4) is 0 Å². The highest BCUT2D eigenvalue weighted by Gasteiger charge is 2.40. The summed E-state index contributed by atoms with van der Waals surface area (Å²) in [6, 6.07) is 4.02. The van der Waals surface area contributed by atoms with Gasteiger partial charge in [0.15, 0.2) is 5.58 Å². The monoisotopic (exact) mass is 223 g/mol. The van der Waals surface area contributed by atoms with E-state index in [1.165, 1.54) is 22.8 Å². The van der Waals surface area contributed by atoms with E-state index in [0.717, 1.165) is 0 Å². The molecule has 0 saturated carbocycles. The standard InChI is InChI=1S/C11H10FNO3/c1-11(6-15-11)5-13-8-4-7(12)2-3-9(8)16-10(13)14/h2-4H,5-6H2,1H3. The Balaban J connectivity index is 2.17. The Morgan fingerprint density at radius 3 is 3.00 bits per heavy atom. The molecular formula is C11H10FNO3. The second-order valence-electron chi connectivity index (χ2n) is 4.30. The molecule has 4 nitrogen and oxygen atoms in total. The molecule has 0 spiro atoms. The average molecular weight is 223 g/mol. The molecule has 1 fully saturated rings.